The molecule has 4 rings (SSSR count). The van der Waals surface area contributed by atoms with Crippen LogP contribution in [0.15, 0.2) is 65.8 Å². The number of hydrogen-bond acceptors (Lipinski definition) is 8. The molecule has 3 aromatic carbocycles. The first-order chi connectivity index (χ1) is 22.2. The summed E-state index contributed by atoms with van der Waals surface area (Å²) in [6.45, 7) is 2.84. The Morgan fingerprint density at radius 2 is 1.76 bits per heavy atom. The van der Waals surface area contributed by atoms with E-state index < -0.39 is 11.7 Å². The zero-order valence-corrected chi connectivity index (χ0v) is 27.6. The maximum atomic E-state index is 12.4. The molecule has 46 heavy (non-hydrogen) atoms. The van der Waals surface area contributed by atoms with Crippen molar-refractivity contribution >= 4 is 53.8 Å². The molecule has 0 aromatic heterocycles. The fourth-order valence-corrected chi connectivity index (χ4v) is 4.71. The predicted molar refractivity (Wildman–Crippen MR) is 183 cm³/mol. The van der Waals surface area contributed by atoms with Crippen LogP contribution in [0, 0.1) is 11.8 Å². The van der Waals surface area contributed by atoms with E-state index in [1.165, 1.54) is 55.3 Å². The Balaban J connectivity index is 0.000000240. The molecule has 0 spiro atoms. The second kappa shape index (κ2) is 20.9. The van der Waals surface area contributed by atoms with Gasteiger partial charge in [0.05, 0.1) is 23.4 Å². The first-order valence-electron chi connectivity index (χ1n) is 14.4. The van der Waals surface area contributed by atoms with Crippen LogP contribution >= 0.6 is 23.6 Å². The molecule has 246 valence electrons. The highest BCUT2D eigenvalue weighted by Gasteiger charge is 2.33. The van der Waals surface area contributed by atoms with Gasteiger partial charge >= 0.3 is 6.18 Å². The van der Waals surface area contributed by atoms with E-state index in [-0.39, 0.29) is 5.02 Å². The van der Waals surface area contributed by atoms with Gasteiger partial charge < -0.3 is 19.8 Å². The Labute approximate surface area is 278 Å². The minimum absolute atomic E-state index is 0.316. The van der Waals surface area contributed by atoms with Gasteiger partial charge in [-0.3, -0.25) is 9.59 Å². The number of alkyl halides is 3. The van der Waals surface area contributed by atoms with Crippen molar-refractivity contribution < 1.29 is 26.9 Å². The van der Waals surface area contributed by atoms with Crippen molar-refractivity contribution in [3.8, 4) is 11.8 Å². The normalized spacial score (nSPS) is 12.5. The molecule has 1 aliphatic rings. The van der Waals surface area contributed by atoms with E-state index in [1.807, 2.05) is 37.6 Å². The summed E-state index contributed by atoms with van der Waals surface area (Å²) >= 11 is 6.77. The molecule has 0 aliphatic carbocycles. The molecule has 1 fully saturated rings. The van der Waals surface area contributed by atoms with E-state index in [4.69, 9.17) is 15.8 Å². The standard InChI is InChI=1S/C13H18N2O.C12H12O2S.C9H8ClF3N2/c1-14-13-6-5-12(9-11(13)10-16)15-7-3-2-4-8-15;1-15-14-8-3-2-5-11-6-4-7-12(9-11)10-13;1-14-15-5-6-2-3-8(10)7(4-6)9(11,12)13/h5-6,9-10,14H,2-4,7-8H2,1H3;4,6-7,9-10H,3,8H2,1H3;2-5,14H,1H3/b;;15-5+. The summed E-state index contributed by atoms with van der Waals surface area (Å²) in [6.07, 6.45) is 4.99. The smallest absolute Gasteiger partial charge is 0.388 e. The van der Waals surface area contributed by atoms with Gasteiger partial charge in [0.15, 0.2) is 6.29 Å². The van der Waals surface area contributed by atoms with E-state index >= 15 is 0 Å². The molecule has 0 saturated carbocycles. The molecular formula is C34H38ClF3N4O3S. The SMILES string of the molecule is CN/N=C/c1ccc(Cl)c(C(F)(F)F)c1.CNc1ccc(N2CCCCC2)cc1C=O.CSOCCC#Cc1cccc(C=O)c1. The Bertz CT molecular complexity index is 1490. The van der Waals surface area contributed by atoms with Crippen molar-refractivity contribution in [2.24, 2.45) is 5.10 Å². The first-order valence-corrected chi connectivity index (χ1v) is 16.0. The summed E-state index contributed by atoms with van der Waals surface area (Å²) in [7, 11) is 3.39. The van der Waals surface area contributed by atoms with Gasteiger partial charge in [-0.2, -0.15) is 18.3 Å². The number of hydrazone groups is 1. The van der Waals surface area contributed by atoms with Crippen LogP contribution in [0.3, 0.4) is 0 Å². The van der Waals surface area contributed by atoms with E-state index in [0.717, 1.165) is 48.5 Å². The van der Waals surface area contributed by atoms with Crippen molar-refractivity contribution in [2.75, 3.05) is 50.3 Å². The van der Waals surface area contributed by atoms with Crippen LogP contribution in [0.25, 0.3) is 0 Å². The second-order valence-electron chi connectivity index (χ2n) is 9.69. The monoisotopic (exact) mass is 674 g/mol. The molecule has 1 saturated heterocycles. The number of aldehydes is 2. The molecular weight excluding hydrogens is 637 g/mol. The van der Waals surface area contributed by atoms with Crippen LogP contribution in [-0.2, 0) is 10.4 Å². The average molecular weight is 675 g/mol. The molecule has 3 aromatic rings. The number of halogens is 4. The summed E-state index contributed by atoms with van der Waals surface area (Å²) in [5.74, 6) is 5.96. The third-order valence-corrected chi connectivity index (χ3v) is 7.21. The number of benzene rings is 3. The van der Waals surface area contributed by atoms with Crippen LogP contribution in [0.4, 0.5) is 24.5 Å². The van der Waals surface area contributed by atoms with Gasteiger partial charge in [-0.25, -0.2) is 0 Å². The molecule has 0 amide bonds. The van der Waals surface area contributed by atoms with Gasteiger partial charge in [-0.05, 0) is 79.3 Å². The number of anilines is 2. The van der Waals surface area contributed by atoms with Crippen LogP contribution in [0.1, 0.15) is 63.1 Å². The van der Waals surface area contributed by atoms with Gasteiger partial charge in [0.2, 0.25) is 0 Å². The minimum Gasteiger partial charge on any atom is -0.388 e. The number of nitrogens with zero attached hydrogens (tertiary/aromatic N) is 2. The first kappa shape index (κ1) is 38.2. The van der Waals surface area contributed by atoms with Gasteiger partial charge in [0.25, 0.3) is 0 Å². The maximum Gasteiger partial charge on any atom is 0.417 e. The topological polar surface area (TPSA) is 83.0 Å². The molecule has 2 N–H and O–H groups in total. The fraction of sp³-hybridized carbons (Fsp3) is 0.324. The van der Waals surface area contributed by atoms with Gasteiger partial charge in [-0.15, -0.1) is 0 Å². The molecule has 12 heteroatoms. The molecule has 0 atom stereocenters. The molecule has 1 aliphatic heterocycles. The molecule has 0 radical (unpaired) electrons. The van der Waals surface area contributed by atoms with Crippen LogP contribution in [0.2, 0.25) is 5.02 Å². The highest BCUT2D eigenvalue weighted by atomic mass is 35.5. The Hall–Kier alpha value is -3.98. The fourth-order valence-electron chi connectivity index (χ4n) is 4.23. The van der Waals surface area contributed by atoms with Crippen molar-refractivity contribution in [3.63, 3.8) is 0 Å². The number of carbonyl (C=O) groups excluding carboxylic acids is 2. The Morgan fingerprint density at radius 3 is 2.39 bits per heavy atom. The molecule has 0 bridgehead atoms. The Morgan fingerprint density at radius 1 is 1.00 bits per heavy atom. The van der Waals surface area contributed by atoms with Gasteiger partial charge in [0, 0.05) is 67.9 Å². The number of carbonyl (C=O) groups is 2. The predicted octanol–water partition coefficient (Wildman–Crippen LogP) is 7.98. The summed E-state index contributed by atoms with van der Waals surface area (Å²) in [6, 6.07) is 16.9. The van der Waals surface area contributed by atoms with Crippen molar-refractivity contribution in [2.45, 2.75) is 31.9 Å². The number of rotatable bonds is 9. The summed E-state index contributed by atoms with van der Waals surface area (Å²) in [5.41, 5.74) is 6.25. The largest absolute Gasteiger partial charge is 0.417 e. The molecule has 0 unspecified atom stereocenters. The number of hydrogen-bond donors (Lipinski definition) is 2. The third kappa shape index (κ3) is 13.6. The van der Waals surface area contributed by atoms with E-state index in [1.54, 1.807) is 19.2 Å². The van der Waals surface area contributed by atoms with Gasteiger partial charge in [0.1, 0.15) is 6.29 Å². The van der Waals surface area contributed by atoms with Gasteiger partial charge in [-0.1, -0.05) is 41.6 Å². The summed E-state index contributed by atoms with van der Waals surface area (Å²) in [5, 5.41) is 6.32. The second-order valence-corrected chi connectivity index (χ2v) is 10.7. The number of nitrogens with one attached hydrogen (secondary N) is 2. The maximum absolute atomic E-state index is 12.4. The third-order valence-electron chi connectivity index (χ3n) is 6.47. The van der Waals surface area contributed by atoms with Crippen LogP contribution in [0.5, 0.6) is 0 Å². The number of piperidine rings is 1. The van der Waals surface area contributed by atoms with E-state index in [0.29, 0.717) is 24.2 Å². The highest BCUT2D eigenvalue weighted by molar-refractivity contribution is 7.93. The van der Waals surface area contributed by atoms with Crippen molar-refractivity contribution in [3.05, 3.63) is 93.5 Å². The van der Waals surface area contributed by atoms with Crippen molar-refractivity contribution in [1.29, 1.82) is 0 Å². The van der Waals surface area contributed by atoms with E-state index in [2.05, 4.69) is 38.7 Å². The van der Waals surface area contributed by atoms with E-state index in [9.17, 15) is 22.8 Å². The summed E-state index contributed by atoms with van der Waals surface area (Å²) in [4.78, 5) is 23.8. The average Bonchev–Trinajstić information content (AvgIpc) is 3.08. The zero-order chi connectivity index (χ0) is 33.8. The lowest BCUT2D eigenvalue weighted by Gasteiger charge is -2.29. The zero-order valence-electron chi connectivity index (χ0n) is 26.0. The lowest BCUT2D eigenvalue weighted by atomic mass is 10.1. The molecule has 7 nitrogen and oxygen atoms in total. The summed E-state index contributed by atoms with van der Waals surface area (Å²) < 4.78 is 42.3. The van der Waals surface area contributed by atoms with Crippen molar-refractivity contribution in [1.82, 2.24) is 5.43 Å². The molecule has 1 heterocycles. The Kier molecular flexibility index (Phi) is 17.4. The lowest BCUT2D eigenvalue weighted by molar-refractivity contribution is -0.137. The quantitative estimate of drug-likeness (QED) is 0.0595. The highest BCUT2D eigenvalue weighted by Crippen LogP contribution is 2.34. The van der Waals surface area contributed by atoms with Crippen LogP contribution < -0.4 is 15.6 Å². The lowest BCUT2D eigenvalue weighted by Crippen LogP contribution is -2.29. The van der Waals surface area contributed by atoms with Crippen LogP contribution in [-0.4, -0.2) is 58.8 Å². The minimum atomic E-state index is -4.44.